The van der Waals surface area contributed by atoms with Gasteiger partial charge in [-0.3, -0.25) is 4.79 Å². The van der Waals surface area contributed by atoms with Crippen molar-refractivity contribution in [2.75, 3.05) is 7.11 Å². The monoisotopic (exact) mass is 172 g/mol. The maximum absolute atomic E-state index is 11.4. The molecule has 4 nitrogen and oxygen atoms in total. The molecule has 0 spiro atoms. The molecular weight excluding hydrogens is 158 g/mol. The maximum atomic E-state index is 11.4. The van der Waals surface area contributed by atoms with Crippen molar-refractivity contribution >= 4 is 5.91 Å². The number of amides is 1. The van der Waals surface area contributed by atoms with Crippen molar-refractivity contribution in [3.8, 4) is 0 Å². The van der Waals surface area contributed by atoms with Gasteiger partial charge >= 0.3 is 0 Å². The topological polar surface area (TPSA) is 38.8 Å². The van der Waals surface area contributed by atoms with Crippen LogP contribution in [0.15, 0.2) is 0 Å². The minimum Gasteiger partial charge on any atom is -0.522 e. The lowest BCUT2D eigenvalue weighted by Crippen LogP contribution is -2.36. The van der Waals surface area contributed by atoms with Gasteiger partial charge in [-0.15, -0.1) is 6.73 Å². The van der Waals surface area contributed by atoms with Crippen molar-refractivity contribution < 1.29 is 14.3 Å². The number of nitrogens with zero attached hydrogens (tertiary/aromatic N) is 1. The normalized spacial score (nSPS) is 26.4. The Labute approximate surface area is 72.4 Å². The quantitative estimate of drug-likeness (QED) is 0.589. The lowest BCUT2D eigenvalue weighted by Gasteiger charge is -2.29. The summed E-state index contributed by atoms with van der Waals surface area (Å²) in [6.45, 7) is 5.15. The van der Waals surface area contributed by atoms with Gasteiger partial charge in [-0.25, -0.2) is 0 Å². The van der Waals surface area contributed by atoms with Crippen LogP contribution in [0.2, 0.25) is 0 Å². The van der Waals surface area contributed by atoms with E-state index < -0.39 is 0 Å². The number of hydrogen-bond acceptors (Lipinski definition) is 3. The third kappa shape index (κ3) is 1.59. The second kappa shape index (κ2) is 3.87. The van der Waals surface area contributed by atoms with E-state index in [-0.39, 0.29) is 18.2 Å². The SMILES string of the molecule is CCC1O[CH-]N(C(C)OC)C1=O. The van der Waals surface area contributed by atoms with Crippen LogP contribution < -0.4 is 0 Å². The number of rotatable bonds is 3. The van der Waals surface area contributed by atoms with Crippen LogP contribution in [0.25, 0.3) is 0 Å². The van der Waals surface area contributed by atoms with Gasteiger partial charge in [-0.1, -0.05) is 6.92 Å². The molecule has 0 aromatic heterocycles. The van der Waals surface area contributed by atoms with E-state index in [1.807, 2.05) is 6.92 Å². The number of ether oxygens (including phenoxy) is 2. The van der Waals surface area contributed by atoms with Crippen molar-refractivity contribution in [2.24, 2.45) is 0 Å². The molecule has 1 saturated heterocycles. The van der Waals surface area contributed by atoms with Gasteiger partial charge in [0.05, 0.1) is 0 Å². The summed E-state index contributed by atoms with van der Waals surface area (Å²) >= 11 is 0. The standard InChI is InChI=1S/C8H14NO3/c1-4-7-8(10)9(5-12-7)6(2)11-3/h5-7H,4H2,1-3H3/q-1. The van der Waals surface area contributed by atoms with Gasteiger partial charge in [-0.2, -0.15) is 0 Å². The fourth-order valence-corrected chi connectivity index (χ4v) is 1.06. The molecule has 0 saturated carbocycles. The second-order valence-corrected chi connectivity index (χ2v) is 2.72. The molecule has 0 N–H and O–H groups in total. The Morgan fingerprint density at radius 3 is 2.92 bits per heavy atom. The summed E-state index contributed by atoms with van der Waals surface area (Å²) in [5.41, 5.74) is 0. The lowest BCUT2D eigenvalue weighted by atomic mass is 10.2. The molecule has 70 valence electrons. The minimum atomic E-state index is -0.317. The van der Waals surface area contributed by atoms with Crippen molar-refractivity contribution in [1.29, 1.82) is 0 Å². The molecule has 0 radical (unpaired) electrons. The first kappa shape index (κ1) is 9.48. The zero-order valence-corrected chi connectivity index (χ0v) is 7.61. The van der Waals surface area contributed by atoms with Crippen molar-refractivity contribution in [3.05, 3.63) is 6.73 Å². The summed E-state index contributed by atoms with van der Waals surface area (Å²) in [4.78, 5) is 12.9. The molecule has 12 heavy (non-hydrogen) atoms. The molecule has 1 rings (SSSR count). The van der Waals surface area contributed by atoms with Crippen LogP contribution >= 0.6 is 0 Å². The van der Waals surface area contributed by atoms with Gasteiger partial charge in [0.2, 0.25) is 5.91 Å². The van der Waals surface area contributed by atoms with Gasteiger partial charge in [0.25, 0.3) is 0 Å². The Balaban J connectivity index is 2.54. The van der Waals surface area contributed by atoms with Crippen LogP contribution in [0.4, 0.5) is 0 Å². The molecule has 2 atom stereocenters. The molecule has 0 aromatic rings. The highest BCUT2D eigenvalue weighted by Crippen LogP contribution is 2.19. The molecule has 1 heterocycles. The molecule has 4 heteroatoms. The fraction of sp³-hybridized carbons (Fsp3) is 0.750. The maximum Gasteiger partial charge on any atom is 0.223 e. The van der Waals surface area contributed by atoms with E-state index in [4.69, 9.17) is 9.47 Å². The zero-order chi connectivity index (χ0) is 9.14. The third-order valence-corrected chi connectivity index (χ3v) is 1.97. The van der Waals surface area contributed by atoms with E-state index in [1.165, 1.54) is 11.6 Å². The fourth-order valence-electron chi connectivity index (χ4n) is 1.06. The van der Waals surface area contributed by atoms with Gasteiger partial charge in [0, 0.05) is 7.11 Å². The van der Waals surface area contributed by atoms with E-state index in [9.17, 15) is 4.79 Å². The molecule has 1 aliphatic heterocycles. The highest BCUT2D eigenvalue weighted by molar-refractivity contribution is 5.83. The summed E-state index contributed by atoms with van der Waals surface area (Å²) in [5.74, 6) is -0.0214. The number of methoxy groups -OCH3 is 1. The predicted octanol–water partition coefficient (Wildman–Crippen LogP) is 0.735. The van der Waals surface area contributed by atoms with Crippen LogP contribution in [0, 0.1) is 6.73 Å². The second-order valence-electron chi connectivity index (χ2n) is 2.72. The van der Waals surface area contributed by atoms with Crippen LogP contribution in [0.1, 0.15) is 20.3 Å². The van der Waals surface area contributed by atoms with Crippen LogP contribution in [-0.2, 0) is 14.3 Å². The first-order valence-electron chi connectivity index (χ1n) is 4.04. The number of carbonyl (C=O) groups excluding carboxylic acids is 1. The molecular formula is C8H14NO3-. The lowest BCUT2D eigenvalue weighted by molar-refractivity contribution is -0.137. The van der Waals surface area contributed by atoms with E-state index >= 15 is 0 Å². The summed E-state index contributed by atoms with van der Waals surface area (Å²) in [6.07, 6.45) is 0.138. The highest BCUT2D eigenvalue weighted by atomic mass is 16.5. The largest absolute Gasteiger partial charge is 0.522 e. The first-order valence-corrected chi connectivity index (χ1v) is 4.04. The van der Waals surface area contributed by atoms with E-state index in [1.54, 1.807) is 14.0 Å². The Morgan fingerprint density at radius 2 is 2.50 bits per heavy atom. The first-order chi connectivity index (χ1) is 5.70. The van der Waals surface area contributed by atoms with Gasteiger partial charge in [0.1, 0.15) is 12.3 Å². The summed E-state index contributed by atoms with van der Waals surface area (Å²) < 4.78 is 10.1. The van der Waals surface area contributed by atoms with E-state index in [0.29, 0.717) is 6.42 Å². The molecule has 1 fully saturated rings. The van der Waals surface area contributed by atoms with Crippen molar-refractivity contribution in [2.45, 2.75) is 32.6 Å². The molecule has 0 bridgehead atoms. The van der Waals surface area contributed by atoms with E-state index in [0.717, 1.165) is 0 Å². The van der Waals surface area contributed by atoms with Gasteiger partial charge in [0.15, 0.2) is 0 Å². The van der Waals surface area contributed by atoms with Gasteiger partial charge < -0.3 is 14.4 Å². The molecule has 2 unspecified atom stereocenters. The third-order valence-electron chi connectivity index (χ3n) is 1.97. The smallest absolute Gasteiger partial charge is 0.223 e. The van der Waals surface area contributed by atoms with E-state index in [2.05, 4.69) is 0 Å². The van der Waals surface area contributed by atoms with Crippen LogP contribution in [0.3, 0.4) is 0 Å². The van der Waals surface area contributed by atoms with Crippen molar-refractivity contribution in [3.63, 3.8) is 0 Å². The highest BCUT2D eigenvalue weighted by Gasteiger charge is 2.25. The number of hydrogen-bond donors (Lipinski definition) is 0. The van der Waals surface area contributed by atoms with Crippen LogP contribution in [0.5, 0.6) is 0 Å². The summed E-state index contributed by atoms with van der Waals surface area (Å²) in [7, 11) is 1.56. The Hall–Kier alpha value is -0.610. The minimum absolute atomic E-state index is 0.0214. The Kier molecular flexibility index (Phi) is 3.05. The predicted molar refractivity (Wildman–Crippen MR) is 42.8 cm³/mol. The molecule has 0 aliphatic carbocycles. The summed E-state index contributed by atoms with van der Waals surface area (Å²) in [5, 5.41) is 0. The number of carbonyl (C=O) groups is 1. The molecule has 1 amide bonds. The summed E-state index contributed by atoms with van der Waals surface area (Å²) in [6, 6.07) is 0. The zero-order valence-electron chi connectivity index (χ0n) is 7.61. The average Bonchev–Trinajstić information content (AvgIpc) is 2.45. The Morgan fingerprint density at radius 1 is 1.83 bits per heavy atom. The molecule has 0 aromatic carbocycles. The molecule has 1 aliphatic rings. The average molecular weight is 172 g/mol. The van der Waals surface area contributed by atoms with Gasteiger partial charge in [-0.05, 0) is 13.3 Å². The van der Waals surface area contributed by atoms with Crippen LogP contribution in [-0.4, -0.2) is 30.2 Å². The van der Waals surface area contributed by atoms with Crippen molar-refractivity contribution in [1.82, 2.24) is 4.90 Å². The Bertz CT molecular complexity index is 172.